The SMILES string of the molecule is CCCC(C)(CNC1CC1)CN1CC(C)N(C)C(C)C1. The molecule has 20 heavy (non-hydrogen) atoms. The van der Waals surface area contributed by atoms with E-state index in [0.717, 1.165) is 6.04 Å². The van der Waals surface area contributed by atoms with Gasteiger partial charge in [-0.2, -0.15) is 0 Å². The molecule has 118 valence electrons. The molecular weight excluding hydrogens is 246 g/mol. The van der Waals surface area contributed by atoms with Gasteiger partial charge in [0.25, 0.3) is 0 Å². The van der Waals surface area contributed by atoms with Crippen molar-refractivity contribution in [2.45, 2.75) is 71.5 Å². The fourth-order valence-corrected chi connectivity index (χ4v) is 3.69. The normalized spacial score (nSPS) is 32.2. The highest BCUT2D eigenvalue weighted by atomic mass is 15.3. The Morgan fingerprint density at radius 3 is 2.25 bits per heavy atom. The second-order valence-corrected chi connectivity index (χ2v) is 7.77. The van der Waals surface area contributed by atoms with Gasteiger partial charge in [-0.1, -0.05) is 20.3 Å². The van der Waals surface area contributed by atoms with E-state index >= 15 is 0 Å². The molecule has 1 aliphatic carbocycles. The third kappa shape index (κ3) is 4.44. The minimum Gasteiger partial charge on any atom is -0.313 e. The van der Waals surface area contributed by atoms with Crippen LogP contribution < -0.4 is 5.32 Å². The molecule has 3 nitrogen and oxygen atoms in total. The van der Waals surface area contributed by atoms with E-state index in [2.05, 4.69) is 49.9 Å². The molecule has 1 saturated carbocycles. The molecule has 0 aromatic heterocycles. The second kappa shape index (κ2) is 6.76. The maximum Gasteiger partial charge on any atom is 0.0195 e. The van der Waals surface area contributed by atoms with Crippen molar-refractivity contribution >= 4 is 0 Å². The van der Waals surface area contributed by atoms with Crippen LogP contribution in [0, 0.1) is 5.41 Å². The molecule has 3 heteroatoms. The average molecular weight is 281 g/mol. The topological polar surface area (TPSA) is 18.5 Å². The summed E-state index contributed by atoms with van der Waals surface area (Å²) < 4.78 is 0. The Morgan fingerprint density at radius 1 is 1.15 bits per heavy atom. The van der Waals surface area contributed by atoms with Gasteiger partial charge in [-0.15, -0.1) is 0 Å². The first kappa shape index (κ1) is 16.3. The molecule has 1 N–H and O–H groups in total. The van der Waals surface area contributed by atoms with E-state index < -0.39 is 0 Å². The Labute approximate surface area is 126 Å². The minimum absolute atomic E-state index is 0.437. The van der Waals surface area contributed by atoms with Crippen LogP contribution in [0.1, 0.15) is 53.4 Å². The standard InChI is InChI=1S/C17H35N3/c1-6-9-17(4,12-18-16-7-8-16)13-20-10-14(2)19(5)15(3)11-20/h14-16,18H,6-13H2,1-5H3. The van der Waals surface area contributed by atoms with Gasteiger partial charge in [-0.25, -0.2) is 0 Å². The summed E-state index contributed by atoms with van der Waals surface area (Å²) in [5.41, 5.74) is 0.437. The maximum absolute atomic E-state index is 3.77. The first-order valence-electron chi connectivity index (χ1n) is 8.61. The molecule has 2 fully saturated rings. The maximum atomic E-state index is 3.77. The highest BCUT2D eigenvalue weighted by Gasteiger charge is 2.33. The summed E-state index contributed by atoms with van der Waals surface area (Å²) in [5, 5.41) is 3.77. The zero-order valence-electron chi connectivity index (χ0n) is 14.3. The van der Waals surface area contributed by atoms with Crippen LogP contribution in [0.3, 0.4) is 0 Å². The van der Waals surface area contributed by atoms with E-state index in [4.69, 9.17) is 0 Å². The van der Waals surface area contributed by atoms with E-state index in [0.29, 0.717) is 17.5 Å². The number of hydrogen-bond donors (Lipinski definition) is 1. The van der Waals surface area contributed by atoms with Crippen molar-refractivity contribution in [2.24, 2.45) is 5.41 Å². The lowest BCUT2D eigenvalue weighted by molar-refractivity contribution is 0.0324. The Morgan fingerprint density at radius 2 is 1.75 bits per heavy atom. The van der Waals surface area contributed by atoms with Crippen LogP contribution in [0.4, 0.5) is 0 Å². The Kier molecular flexibility index (Phi) is 5.49. The van der Waals surface area contributed by atoms with Gasteiger partial charge in [-0.3, -0.25) is 9.80 Å². The predicted octanol–water partition coefficient (Wildman–Crippen LogP) is 2.57. The van der Waals surface area contributed by atoms with Gasteiger partial charge in [0, 0.05) is 44.3 Å². The van der Waals surface area contributed by atoms with E-state index in [1.54, 1.807) is 0 Å². The van der Waals surface area contributed by atoms with Crippen molar-refractivity contribution in [3.63, 3.8) is 0 Å². The molecule has 0 amide bonds. The van der Waals surface area contributed by atoms with E-state index in [1.165, 1.54) is 51.9 Å². The summed E-state index contributed by atoms with van der Waals surface area (Å²) >= 11 is 0. The predicted molar refractivity (Wildman–Crippen MR) is 87.2 cm³/mol. The average Bonchev–Trinajstić information content (AvgIpc) is 3.18. The van der Waals surface area contributed by atoms with Gasteiger partial charge < -0.3 is 5.32 Å². The van der Waals surface area contributed by atoms with E-state index in [1.807, 2.05) is 0 Å². The highest BCUT2D eigenvalue weighted by Crippen LogP contribution is 2.28. The van der Waals surface area contributed by atoms with Crippen LogP contribution in [0.2, 0.25) is 0 Å². The molecule has 2 rings (SSSR count). The Bertz CT molecular complexity index is 291. The molecule has 0 aromatic rings. The molecule has 3 atom stereocenters. The summed E-state index contributed by atoms with van der Waals surface area (Å²) in [5.74, 6) is 0. The van der Waals surface area contributed by atoms with E-state index in [9.17, 15) is 0 Å². The van der Waals surface area contributed by atoms with Gasteiger partial charge in [0.05, 0.1) is 0 Å². The molecule has 3 unspecified atom stereocenters. The van der Waals surface area contributed by atoms with Crippen molar-refractivity contribution in [1.82, 2.24) is 15.1 Å². The molecule has 1 aliphatic heterocycles. The molecule has 0 aromatic carbocycles. The fraction of sp³-hybridized carbons (Fsp3) is 1.00. The Balaban J connectivity index is 1.88. The van der Waals surface area contributed by atoms with Crippen molar-refractivity contribution in [1.29, 1.82) is 0 Å². The van der Waals surface area contributed by atoms with Crippen LogP contribution in [0.5, 0.6) is 0 Å². The first-order chi connectivity index (χ1) is 9.43. The number of hydrogen-bond acceptors (Lipinski definition) is 3. The number of piperazine rings is 1. The third-order valence-electron chi connectivity index (χ3n) is 5.29. The number of nitrogens with zero attached hydrogens (tertiary/aromatic N) is 2. The minimum atomic E-state index is 0.437. The van der Waals surface area contributed by atoms with Crippen LogP contribution in [-0.4, -0.2) is 61.2 Å². The molecule has 1 heterocycles. The number of rotatable bonds is 7. The van der Waals surface area contributed by atoms with Gasteiger partial charge >= 0.3 is 0 Å². The Hall–Kier alpha value is -0.120. The van der Waals surface area contributed by atoms with Gasteiger partial charge in [-0.05, 0) is 45.6 Å². The first-order valence-corrected chi connectivity index (χ1v) is 8.61. The lowest BCUT2D eigenvalue weighted by atomic mass is 9.84. The summed E-state index contributed by atoms with van der Waals surface area (Å²) in [4.78, 5) is 5.23. The largest absolute Gasteiger partial charge is 0.313 e. The van der Waals surface area contributed by atoms with Gasteiger partial charge in [0.1, 0.15) is 0 Å². The lowest BCUT2D eigenvalue weighted by Gasteiger charge is -2.45. The van der Waals surface area contributed by atoms with Crippen LogP contribution >= 0.6 is 0 Å². The van der Waals surface area contributed by atoms with Crippen molar-refractivity contribution in [3.8, 4) is 0 Å². The zero-order chi connectivity index (χ0) is 14.8. The quantitative estimate of drug-likeness (QED) is 0.774. The molecule has 0 radical (unpaired) electrons. The zero-order valence-corrected chi connectivity index (χ0v) is 14.3. The van der Waals surface area contributed by atoms with Crippen molar-refractivity contribution in [2.75, 3.05) is 33.2 Å². The number of nitrogens with one attached hydrogen (secondary N) is 1. The van der Waals surface area contributed by atoms with Gasteiger partial charge in [0.15, 0.2) is 0 Å². The second-order valence-electron chi connectivity index (χ2n) is 7.77. The highest BCUT2D eigenvalue weighted by molar-refractivity contribution is 4.90. The smallest absolute Gasteiger partial charge is 0.0195 e. The summed E-state index contributed by atoms with van der Waals surface area (Å²) in [7, 11) is 2.27. The van der Waals surface area contributed by atoms with Crippen molar-refractivity contribution < 1.29 is 0 Å². The molecule has 2 aliphatic rings. The summed E-state index contributed by atoms with van der Waals surface area (Å²) in [6, 6.07) is 2.19. The molecular formula is C17H35N3. The number of likely N-dealkylation sites (N-methyl/N-ethyl adjacent to an activating group) is 1. The van der Waals surface area contributed by atoms with E-state index in [-0.39, 0.29) is 0 Å². The van der Waals surface area contributed by atoms with Crippen LogP contribution in [-0.2, 0) is 0 Å². The van der Waals surface area contributed by atoms with Gasteiger partial charge in [0.2, 0.25) is 0 Å². The summed E-state index contributed by atoms with van der Waals surface area (Å²) in [6.07, 6.45) is 5.42. The van der Waals surface area contributed by atoms with Crippen LogP contribution in [0.15, 0.2) is 0 Å². The third-order valence-corrected chi connectivity index (χ3v) is 5.29. The monoisotopic (exact) mass is 281 g/mol. The molecule has 0 spiro atoms. The van der Waals surface area contributed by atoms with Crippen LogP contribution in [0.25, 0.3) is 0 Å². The summed E-state index contributed by atoms with van der Waals surface area (Å²) in [6.45, 7) is 14.4. The lowest BCUT2D eigenvalue weighted by Crippen LogP contribution is -2.57. The fourth-order valence-electron chi connectivity index (χ4n) is 3.69. The molecule has 1 saturated heterocycles. The van der Waals surface area contributed by atoms with Crippen molar-refractivity contribution in [3.05, 3.63) is 0 Å². The molecule has 0 bridgehead atoms.